The molecule has 0 saturated carbocycles. The van der Waals surface area contributed by atoms with Crippen LogP contribution in [0.3, 0.4) is 0 Å². The van der Waals surface area contributed by atoms with Gasteiger partial charge in [0, 0.05) is 77.2 Å². The summed E-state index contributed by atoms with van der Waals surface area (Å²) in [7, 11) is 4.64. The van der Waals surface area contributed by atoms with E-state index in [-0.39, 0.29) is 42.0 Å². The molecule has 1 aromatic heterocycles. The molecule has 74 heavy (non-hydrogen) atoms. The van der Waals surface area contributed by atoms with Crippen molar-refractivity contribution in [1.82, 2.24) is 29.1 Å². The van der Waals surface area contributed by atoms with E-state index in [9.17, 15) is 38.7 Å². The number of hydrogen-bond acceptors (Lipinski definition) is 18. The second kappa shape index (κ2) is 25.6. The molecule has 0 aliphatic carbocycles. The van der Waals surface area contributed by atoms with Gasteiger partial charge < -0.3 is 63.8 Å². The van der Waals surface area contributed by atoms with Crippen molar-refractivity contribution >= 4 is 27.6 Å². The van der Waals surface area contributed by atoms with Gasteiger partial charge in [0.25, 0.3) is 0 Å². The lowest BCUT2D eigenvalue weighted by Gasteiger charge is -2.49. The quantitative estimate of drug-likeness (QED) is 0.119. The molecule has 0 bridgehead atoms. The Labute approximate surface area is 444 Å². The first-order valence-electron chi connectivity index (χ1n) is 26.2. The third kappa shape index (κ3) is 14.4. The highest BCUT2D eigenvalue weighted by molar-refractivity contribution is 7.89. The van der Waals surface area contributed by atoms with Crippen LogP contribution < -0.4 is 0 Å². The fraction of sp³-hybridized carbons (Fsp3) is 0.827. The maximum atomic E-state index is 14.5. The Morgan fingerprint density at radius 2 is 1.61 bits per heavy atom. The Morgan fingerprint density at radius 1 is 0.959 bits per heavy atom. The molecule has 0 amide bonds. The molecule has 5 rings (SSSR count). The molecule has 20 nitrogen and oxygen atoms in total. The van der Waals surface area contributed by atoms with Crippen molar-refractivity contribution in [3.8, 4) is 0 Å². The van der Waals surface area contributed by atoms with Crippen LogP contribution in [-0.2, 0) is 56.1 Å². The molecule has 3 fully saturated rings. The van der Waals surface area contributed by atoms with Gasteiger partial charge in [-0.1, -0.05) is 38.1 Å². The van der Waals surface area contributed by atoms with Crippen LogP contribution >= 0.6 is 11.6 Å². The number of methoxy groups -OCH3 is 1. The predicted octanol–water partition coefficient (Wildman–Crippen LogP) is 3.38. The number of cyclic esters (lactones) is 1. The normalized spacial score (nSPS) is 39.1. The zero-order valence-electron chi connectivity index (χ0n) is 46.4. The lowest BCUT2D eigenvalue weighted by atomic mass is 9.77. The third-order valence-electron chi connectivity index (χ3n) is 16.1. The number of aliphatic hydroxyl groups is 5. The van der Waals surface area contributed by atoms with Gasteiger partial charge in [-0.2, -0.15) is 0 Å². The Bertz CT molecular complexity index is 2210. The largest absolute Gasteiger partial charge is 0.459 e. The fourth-order valence-electron chi connectivity index (χ4n) is 11.2. The predicted molar refractivity (Wildman–Crippen MR) is 278 cm³/mol. The maximum Gasteiger partial charge on any atom is 0.311 e. The summed E-state index contributed by atoms with van der Waals surface area (Å²) in [6.07, 6.45) is -6.54. The van der Waals surface area contributed by atoms with Gasteiger partial charge in [-0.05, 0) is 112 Å². The van der Waals surface area contributed by atoms with Gasteiger partial charge in [0.2, 0.25) is 10.0 Å². The van der Waals surface area contributed by atoms with Crippen LogP contribution in [0.5, 0.6) is 0 Å². The Kier molecular flexibility index (Phi) is 21.6. The summed E-state index contributed by atoms with van der Waals surface area (Å²) in [6.45, 7) is 18.3. The second-order valence-electron chi connectivity index (χ2n) is 22.6. The average molecular weight is 1090 g/mol. The Balaban J connectivity index is 1.42. The highest BCUT2D eigenvalue weighted by Crippen LogP contribution is 2.40. The number of rotatable bonds is 16. The van der Waals surface area contributed by atoms with E-state index >= 15 is 0 Å². The molecule has 4 heterocycles. The number of alkyl halides is 1. The number of likely N-dealkylation sites (N-methyl/N-ethyl adjacent to an activating group) is 2. The number of sulfonamides is 1. The molecule has 22 heteroatoms. The molecule has 0 unspecified atom stereocenters. The second-order valence-corrected chi connectivity index (χ2v) is 25.0. The molecular formula is C52H89ClN6O14S. The molecule has 3 saturated heterocycles. The van der Waals surface area contributed by atoms with Crippen molar-refractivity contribution in [3.05, 3.63) is 41.7 Å². The van der Waals surface area contributed by atoms with Crippen LogP contribution in [0.4, 0.5) is 0 Å². The van der Waals surface area contributed by atoms with E-state index in [0.29, 0.717) is 38.0 Å². The topological polar surface area (TPSA) is 248 Å². The molecule has 2 aromatic rings. The van der Waals surface area contributed by atoms with E-state index in [1.165, 1.54) is 32.4 Å². The van der Waals surface area contributed by atoms with Gasteiger partial charge in [0.15, 0.2) is 12.6 Å². The smallest absolute Gasteiger partial charge is 0.311 e. The molecule has 5 N–H and O–H groups in total. The lowest BCUT2D eigenvalue weighted by Crippen LogP contribution is -2.61. The molecule has 3 aliphatic heterocycles. The molecule has 19 atom stereocenters. The minimum atomic E-state index is -3.57. The number of nitrogens with zero attached hydrogens (tertiary/aromatic N) is 6. The molecular weight excluding hydrogens is 1000 g/mol. The van der Waals surface area contributed by atoms with Gasteiger partial charge >= 0.3 is 5.97 Å². The Morgan fingerprint density at radius 3 is 2.20 bits per heavy atom. The summed E-state index contributed by atoms with van der Waals surface area (Å²) in [5, 5.41) is 68.6. The highest BCUT2D eigenvalue weighted by atomic mass is 35.5. The minimum absolute atomic E-state index is 0.0863. The number of aromatic nitrogens is 3. The SMILES string of the molecule is CC[C@H]1OC(=O)[C@H](C)[C@@H](O[C@H]2C[C@@](C)(OC)[C@@H](O)[C@H](C)O2)[C@H](C)[C@@H](O[C@@H]2O[C@H](C)C[C@H](N(C)CCc3cn([C@H](CCl)Cc4ccc(S(=O)(=O)N(C)C)cc4)nn3)[C@H]2O)[C@](C)(O)C[C@@H](C)CN(C)[C@H](C)[C@@H](O)[C@]1(C)O. The molecule has 424 valence electrons. The molecule has 0 radical (unpaired) electrons. The summed E-state index contributed by atoms with van der Waals surface area (Å²) in [4.78, 5) is 18.6. The van der Waals surface area contributed by atoms with E-state index in [1.807, 2.05) is 43.9 Å². The van der Waals surface area contributed by atoms with E-state index in [4.69, 9.17) is 40.0 Å². The Hall–Kier alpha value is -2.45. The van der Waals surface area contributed by atoms with Crippen LogP contribution in [-0.4, -0.2) is 214 Å². The number of esters is 1. The zero-order chi connectivity index (χ0) is 55.4. The standard InChI is InChI=1S/C52H89ClN6O14S/c1-16-41-52(10,65)45(61)34(6)58(14)28-30(2)25-50(8,64)47(32(4)44(33(5)48(63)71-41)72-42-26-51(9,68-15)46(62)35(7)70-42)73-49-43(60)40(23-31(3)69-49)57(13)22-21-37-29-59(55-54-37)38(27-53)24-36-17-19-39(20-18-36)74(66,67)56(11)12/h17-20,29-35,38,40-47,49,60-62,64-65H,16,21-28H2,1-15H3/t30-,31-,32+,33-,34-,35+,38+,40+,41-,42+,43-,44+,45-,46+,47-,49+,50-,51-,52-/m1/s1. The van der Waals surface area contributed by atoms with E-state index in [0.717, 1.165) is 5.56 Å². The average Bonchev–Trinajstić information content (AvgIpc) is 3.82. The minimum Gasteiger partial charge on any atom is -0.459 e. The van der Waals surface area contributed by atoms with Gasteiger partial charge in [-0.25, -0.2) is 17.4 Å². The number of halogens is 1. The summed E-state index contributed by atoms with van der Waals surface area (Å²) >= 11 is 6.44. The van der Waals surface area contributed by atoms with Crippen LogP contribution in [0, 0.1) is 17.8 Å². The van der Waals surface area contributed by atoms with Gasteiger partial charge in [0.1, 0.15) is 30.0 Å². The van der Waals surface area contributed by atoms with Crippen molar-refractivity contribution in [2.24, 2.45) is 17.8 Å². The van der Waals surface area contributed by atoms with E-state index in [1.54, 1.807) is 77.4 Å². The van der Waals surface area contributed by atoms with Gasteiger partial charge in [0.05, 0.1) is 58.2 Å². The monoisotopic (exact) mass is 1090 g/mol. The van der Waals surface area contributed by atoms with Crippen LogP contribution in [0.15, 0.2) is 35.4 Å². The summed E-state index contributed by atoms with van der Waals surface area (Å²) < 4.78 is 66.4. The molecule has 3 aliphatic rings. The number of hydrogen-bond donors (Lipinski definition) is 5. The molecule has 0 spiro atoms. The molecule has 1 aromatic carbocycles. The van der Waals surface area contributed by atoms with Crippen molar-refractivity contribution in [2.75, 3.05) is 54.3 Å². The van der Waals surface area contributed by atoms with Gasteiger partial charge in [-0.3, -0.25) is 4.79 Å². The first kappa shape index (κ1) is 62.4. The first-order chi connectivity index (χ1) is 34.4. The number of carbonyl (C=O) groups excluding carboxylic acids is 1. The lowest BCUT2D eigenvalue weighted by molar-refractivity contribution is -0.318. The fourth-order valence-corrected chi connectivity index (χ4v) is 12.4. The summed E-state index contributed by atoms with van der Waals surface area (Å²) in [5.41, 5.74) is -2.99. The van der Waals surface area contributed by atoms with Crippen molar-refractivity contribution < 1.29 is 67.2 Å². The van der Waals surface area contributed by atoms with Gasteiger partial charge in [-0.15, -0.1) is 16.7 Å². The van der Waals surface area contributed by atoms with Crippen LogP contribution in [0.25, 0.3) is 0 Å². The summed E-state index contributed by atoms with van der Waals surface area (Å²) in [5.74, 6) is -2.62. The number of ether oxygens (including phenoxy) is 6. The van der Waals surface area contributed by atoms with E-state index < -0.39 is 118 Å². The maximum absolute atomic E-state index is 14.5. The first-order valence-corrected chi connectivity index (χ1v) is 28.1. The van der Waals surface area contributed by atoms with Crippen LogP contribution in [0.2, 0.25) is 0 Å². The number of benzene rings is 1. The number of carbonyl (C=O) groups is 1. The van der Waals surface area contributed by atoms with Crippen molar-refractivity contribution in [1.29, 1.82) is 0 Å². The van der Waals surface area contributed by atoms with Crippen molar-refractivity contribution in [2.45, 2.75) is 209 Å². The van der Waals surface area contributed by atoms with Crippen LogP contribution in [0.1, 0.15) is 112 Å². The van der Waals surface area contributed by atoms with E-state index in [2.05, 4.69) is 10.3 Å². The zero-order valence-corrected chi connectivity index (χ0v) is 47.9. The van der Waals surface area contributed by atoms with Crippen molar-refractivity contribution in [3.63, 3.8) is 0 Å². The third-order valence-corrected chi connectivity index (χ3v) is 18.3. The number of aliphatic hydroxyl groups excluding tert-OH is 3. The summed E-state index contributed by atoms with van der Waals surface area (Å²) in [6, 6.07) is 5.40. The highest BCUT2D eigenvalue weighted by Gasteiger charge is 2.53.